The number of likely N-dealkylation sites (N-methyl/N-ethyl adjacent to an activating group) is 1. The topological polar surface area (TPSA) is 73.8 Å². The van der Waals surface area contributed by atoms with Crippen molar-refractivity contribution in [1.29, 1.82) is 0 Å². The van der Waals surface area contributed by atoms with Gasteiger partial charge in [-0.25, -0.2) is 9.97 Å². The van der Waals surface area contributed by atoms with Gasteiger partial charge in [-0.2, -0.15) is 5.10 Å². The van der Waals surface area contributed by atoms with Crippen molar-refractivity contribution in [3.05, 3.63) is 36.4 Å². The number of nitrogens with one attached hydrogen (secondary N) is 1. The fraction of sp³-hybridized carbons (Fsp3) is 0.375. The second-order valence-corrected chi connectivity index (χ2v) is 5.97. The first-order chi connectivity index (χ1) is 11.2. The van der Waals surface area contributed by atoms with E-state index in [0.717, 1.165) is 47.9 Å². The van der Waals surface area contributed by atoms with Gasteiger partial charge in [-0.1, -0.05) is 0 Å². The highest BCUT2D eigenvalue weighted by Crippen LogP contribution is 2.27. The van der Waals surface area contributed by atoms with Crippen LogP contribution in [0.4, 0.5) is 11.6 Å². The zero-order chi connectivity index (χ0) is 15.8. The summed E-state index contributed by atoms with van der Waals surface area (Å²) in [5.74, 6) is 1.92. The molecule has 23 heavy (non-hydrogen) atoms. The molecule has 3 aromatic rings. The van der Waals surface area contributed by atoms with Crippen LogP contribution in [0.2, 0.25) is 0 Å². The molecule has 1 N–H and O–H groups in total. The van der Waals surface area contributed by atoms with E-state index in [-0.39, 0.29) is 0 Å². The first-order valence-electron chi connectivity index (χ1n) is 7.78. The minimum absolute atomic E-state index is 0.399. The molecule has 0 aliphatic carbocycles. The van der Waals surface area contributed by atoms with Gasteiger partial charge in [-0.3, -0.25) is 0 Å². The predicted molar refractivity (Wildman–Crippen MR) is 89.7 cm³/mol. The standard InChI is InChI=1S/C16H19N7/c1-11-3-4-14(21-20-11)22(2)12-6-8-23(9-12)16-13-5-7-17-15(13)18-10-19-16/h3-5,7,10,12H,6,8-9H2,1-2H3,(H,17,18,19)/t12-/m1/s1. The normalized spacial score (nSPS) is 17.8. The minimum atomic E-state index is 0.399. The van der Waals surface area contributed by atoms with E-state index in [9.17, 15) is 0 Å². The van der Waals surface area contributed by atoms with Crippen molar-refractivity contribution >= 4 is 22.7 Å². The molecule has 3 aromatic heterocycles. The molecule has 1 saturated heterocycles. The number of H-pyrrole nitrogens is 1. The van der Waals surface area contributed by atoms with E-state index >= 15 is 0 Å². The smallest absolute Gasteiger partial charge is 0.151 e. The highest BCUT2D eigenvalue weighted by molar-refractivity contribution is 5.87. The Morgan fingerprint density at radius 3 is 2.96 bits per heavy atom. The van der Waals surface area contributed by atoms with Crippen molar-refractivity contribution in [2.24, 2.45) is 0 Å². The SMILES string of the molecule is Cc1ccc(N(C)[C@@H]2CCN(c3ncnc4[nH]ccc34)C2)nn1. The third kappa shape index (κ3) is 2.48. The first kappa shape index (κ1) is 13.9. The van der Waals surface area contributed by atoms with Crippen molar-refractivity contribution in [2.75, 3.05) is 29.9 Å². The van der Waals surface area contributed by atoms with Gasteiger partial charge in [0, 0.05) is 32.4 Å². The van der Waals surface area contributed by atoms with Crippen molar-refractivity contribution in [2.45, 2.75) is 19.4 Å². The summed E-state index contributed by atoms with van der Waals surface area (Å²) >= 11 is 0. The average molecular weight is 309 g/mol. The number of rotatable bonds is 3. The average Bonchev–Trinajstić information content (AvgIpc) is 3.24. The Hall–Kier alpha value is -2.70. The number of nitrogens with zero attached hydrogens (tertiary/aromatic N) is 6. The zero-order valence-corrected chi connectivity index (χ0v) is 13.3. The Balaban J connectivity index is 1.55. The first-order valence-corrected chi connectivity index (χ1v) is 7.78. The molecular weight excluding hydrogens is 290 g/mol. The second kappa shape index (κ2) is 5.49. The molecule has 0 radical (unpaired) electrons. The number of fused-ring (bicyclic) bond motifs is 1. The van der Waals surface area contributed by atoms with Crippen LogP contribution in [0.25, 0.3) is 11.0 Å². The molecule has 0 spiro atoms. The number of hydrogen-bond acceptors (Lipinski definition) is 6. The molecule has 4 heterocycles. The summed E-state index contributed by atoms with van der Waals surface area (Å²) in [6, 6.07) is 6.46. The van der Waals surface area contributed by atoms with E-state index < -0.39 is 0 Å². The van der Waals surface area contributed by atoms with Crippen LogP contribution in [0.1, 0.15) is 12.1 Å². The van der Waals surface area contributed by atoms with Gasteiger partial charge in [-0.15, -0.1) is 5.10 Å². The van der Waals surface area contributed by atoms with Crippen LogP contribution < -0.4 is 9.80 Å². The van der Waals surface area contributed by atoms with Gasteiger partial charge >= 0.3 is 0 Å². The number of anilines is 2. The zero-order valence-electron chi connectivity index (χ0n) is 13.3. The molecule has 0 unspecified atom stereocenters. The van der Waals surface area contributed by atoms with Gasteiger partial charge in [0.15, 0.2) is 5.82 Å². The van der Waals surface area contributed by atoms with E-state index in [1.54, 1.807) is 6.33 Å². The molecule has 118 valence electrons. The molecule has 7 nitrogen and oxygen atoms in total. The molecule has 1 fully saturated rings. The van der Waals surface area contributed by atoms with Crippen LogP contribution in [0, 0.1) is 6.92 Å². The molecule has 4 rings (SSSR count). The maximum Gasteiger partial charge on any atom is 0.151 e. The Morgan fingerprint density at radius 1 is 1.22 bits per heavy atom. The highest BCUT2D eigenvalue weighted by atomic mass is 15.3. The number of aromatic nitrogens is 5. The van der Waals surface area contributed by atoms with Gasteiger partial charge in [0.05, 0.1) is 11.1 Å². The molecule has 0 amide bonds. The summed E-state index contributed by atoms with van der Waals surface area (Å²) < 4.78 is 0. The Kier molecular flexibility index (Phi) is 3.33. The second-order valence-electron chi connectivity index (χ2n) is 5.97. The molecule has 0 saturated carbocycles. The summed E-state index contributed by atoms with van der Waals surface area (Å²) in [7, 11) is 2.08. The van der Waals surface area contributed by atoms with Crippen LogP contribution in [0.3, 0.4) is 0 Å². The van der Waals surface area contributed by atoms with Crippen LogP contribution in [-0.2, 0) is 0 Å². The predicted octanol–water partition coefficient (Wildman–Crippen LogP) is 1.77. The number of hydrogen-bond donors (Lipinski definition) is 1. The van der Waals surface area contributed by atoms with Crippen LogP contribution in [0.15, 0.2) is 30.7 Å². The van der Waals surface area contributed by atoms with Crippen molar-refractivity contribution in [1.82, 2.24) is 25.1 Å². The monoisotopic (exact) mass is 309 g/mol. The fourth-order valence-electron chi connectivity index (χ4n) is 3.13. The lowest BCUT2D eigenvalue weighted by atomic mass is 10.2. The van der Waals surface area contributed by atoms with Crippen molar-refractivity contribution in [3.63, 3.8) is 0 Å². The molecule has 0 bridgehead atoms. The van der Waals surface area contributed by atoms with E-state index in [1.807, 2.05) is 31.3 Å². The van der Waals surface area contributed by atoms with Gasteiger partial charge in [0.1, 0.15) is 17.8 Å². The van der Waals surface area contributed by atoms with Gasteiger partial charge in [-0.05, 0) is 31.5 Å². The maximum atomic E-state index is 4.49. The van der Waals surface area contributed by atoms with Gasteiger partial charge < -0.3 is 14.8 Å². The van der Waals surface area contributed by atoms with Crippen LogP contribution >= 0.6 is 0 Å². The van der Waals surface area contributed by atoms with E-state index in [1.165, 1.54) is 0 Å². The quantitative estimate of drug-likeness (QED) is 0.795. The number of aromatic amines is 1. The number of aryl methyl sites for hydroxylation is 1. The maximum absolute atomic E-state index is 4.49. The summed E-state index contributed by atoms with van der Waals surface area (Å²) in [4.78, 5) is 16.4. The van der Waals surface area contributed by atoms with Gasteiger partial charge in [0.25, 0.3) is 0 Å². The van der Waals surface area contributed by atoms with Crippen LogP contribution in [-0.4, -0.2) is 51.3 Å². The Bertz CT molecular complexity index is 811. The molecule has 7 heteroatoms. The third-order valence-electron chi connectivity index (χ3n) is 4.49. The summed E-state index contributed by atoms with van der Waals surface area (Å²) in [6.07, 6.45) is 4.60. The van der Waals surface area contributed by atoms with E-state index in [2.05, 4.69) is 42.0 Å². The largest absolute Gasteiger partial charge is 0.354 e. The molecule has 1 atom stereocenters. The molecule has 1 aliphatic heterocycles. The minimum Gasteiger partial charge on any atom is -0.354 e. The summed E-state index contributed by atoms with van der Waals surface area (Å²) in [6.45, 7) is 3.85. The van der Waals surface area contributed by atoms with E-state index in [4.69, 9.17) is 0 Å². The Morgan fingerprint density at radius 2 is 2.13 bits per heavy atom. The third-order valence-corrected chi connectivity index (χ3v) is 4.49. The molecular formula is C16H19N7. The summed E-state index contributed by atoms with van der Waals surface area (Å²) in [5, 5.41) is 9.52. The van der Waals surface area contributed by atoms with E-state index in [0.29, 0.717) is 6.04 Å². The summed E-state index contributed by atoms with van der Waals surface area (Å²) in [5.41, 5.74) is 1.82. The van der Waals surface area contributed by atoms with Gasteiger partial charge in [0.2, 0.25) is 0 Å². The Labute approximate surface area is 134 Å². The molecule has 0 aromatic carbocycles. The lowest BCUT2D eigenvalue weighted by Gasteiger charge is -2.25. The lowest BCUT2D eigenvalue weighted by Crippen LogP contribution is -2.35. The molecule has 1 aliphatic rings. The van der Waals surface area contributed by atoms with Crippen LogP contribution in [0.5, 0.6) is 0 Å². The van der Waals surface area contributed by atoms with Crippen molar-refractivity contribution in [3.8, 4) is 0 Å². The van der Waals surface area contributed by atoms with Crippen molar-refractivity contribution < 1.29 is 0 Å². The highest BCUT2D eigenvalue weighted by Gasteiger charge is 2.28. The lowest BCUT2D eigenvalue weighted by molar-refractivity contribution is 0.677. The fourth-order valence-corrected chi connectivity index (χ4v) is 3.13.